The topological polar surface area (TPSA) is 8.17 Å². The van der Waals surface area contributed by atoms with Gasteiger partial charge in [-0.1, -0.05) is 176 Å². The first-order valence-electron chi connectivity index (χ1n) is 20.6. The Hall–Kier alpha value is -7.94. The van der Waals surface area contributed by atoms with Gasteiger partial charge in [-0.25, -0.2) is 0 Å². The van der Waals surface area contributed by atoms with E-state index in [2.05, 4.69) is 252 Å². The van der Waals surface area contributed by atoms with Gasteiger partial charge in [0.2, 0.25) is 0 Å². The highest BCUT2D eigenvalue weighted by Crippen LogP contribution is 2.46. The lowest BCUT2D eigenvalue weighted by Crippen LogP contribution is -2.11. The van der Waals surface area contributed by atoms with Crippen molar-refractivity contribution in [1.82, 2.24) is 4.57 Å². The number of nitrogens with zero attached hydrogens (tertiary/aromatic N) is 2. The number of hydrogen-bond acceptors (Lipinski definition) is 1. The lowest BCUT2D eigenvalue weighted by Gasteiger charge is -2.28. The fourth-order valence-electron chi connectivity index (χ4n) is 8.93. The van der Waals surface area contributed by atoms with Crippen molar-refractivity contribution in [3.63, 3.8) is 0 Å². The summed E-state index contributed by atoms with van der Waals surface area (Å²) < 4.78 is 2.39. The molecule has 0 bridgehead atoms. The van der Waals surface area contributed by atoms with E-state index in [0.29, 0.717) is 0 Å². The Bertz CT molecular complexity index is 3310. The van der Waals surface area contributed by atoms with Crippen molar-refractivity contribution < 1.29 is 0 Å². The molecule has 11 rings (SSSR count). The second-order valence-corrected chi connectivity index (χ2v) is 15.3. The predicted molar refractivity (Wildman–Crippen MR) is 255 cm³/mol. The molecule has 0 saturated heterocycles. The van der Waals surface area contributed by atoms with Crippen molar-refractivity contribution in [2.75, 3.05) is 4.90 Å². The van der Waals surface area contributed by atoms with Crippen LogP contribution >= 0.6 is 0 Å². The molecule has 0 unspecified atom stereocenters. The van der Waals surface area contributed by atoms with Gasteiger partial charge in [0.05, 0.1) is 16.7 Å². The van der Waals surface area contributed by atoms with E-state index in [-0.39, 0.29) is 0 Å². The van der Waals surface area contributed by atoms with Gasteiger partial charge in [-0.3, -0.25) is 0 Å². The van der Waals surface area contributed by atoms with Crippen LogP contribution < -0.4 is 4.90 Å². The van der Waals surface area contributed by atoms with Crippen LogP contribution in [0.25, 0.3) is 82.8 Å². The van der Waals surface area contributed by atoms with Gasteiger partial charge in [-0.2, -0.15) is 0 Å². The maximum atomic E-state index is 2.42. The predicted octanol–water partition coefficient (Wildman–Crippen LogP) is 16.1. The first kappa shape index (κ1) is 35.2. The smallest absolute Gasteiger partial charge is 0.0547 e. The molecule has 0 aliphatic rings. The van der Waals surface area contributed by atoms with Crippen LogP contribution in [0.3, 0.4) is 0 Å². The van der Waals surface area contributed by atoms with Crippen LogP contribution in [0.4, 0.5) is 17.1 Å². The molecule has 0 radical (unpaired) electrons. The third-order valence-electron chi connectivity index (χ3n) is 11.8. The monoisotopic (exact) mass is 764 g/mol. The molecule has 2 nitrogen and oxygen atoms in total. The highest BCUT2D eigenvalue weighted by Gasteiger charge is 2.22. The summed E-state index contributed by atoms with van der Waals surface area (Å²) in [6.45, 7) is 0. The van der Waals surface area contributed by atoms with Crippen LogP contribution in [-0.2, 0) is 0 Å². The van der Waals surface area contributed by atoms with E-state index in [0.717, 1.165) is 28.3 Å². The summed E-state index contributed by atoms with van der Waals surface area (Å²) in [7, 11) is 0. The highest BCUT2D eigenvalue weighted by atomic mass is 15.1. The number of aromatic nitrogens is 1. The summed E-state index contributed by atoms with van der Waals surface area (Å²) in [4.78, 5) is 2.42. The molecule has 1 aromatic heterocycles. The number of benzene rings is 10. The Morgan fingerprint density at radius 1 is 0.300 bits per heavy atom. The first-order valence-corrected chi connectivity index (χ1v) is 20.6. The molecule has 0 aliphatic heterocycles. The van der Waals surface area contributed by atoms with Gasteiger partial charge in [0.1, 0.15) is 0 Å². The summed E-state index contributed by atoms with van der Waals surface area (Å²) in [6, 6.07) is 87.9. The van der Waals surface area contributed by atoms with Crippen LogP contribution in [-0.4, -0.2) is 4.57 Å². The SMILES string of the molecule is c1ccc(-c2cccc(N(c3ccc(-c4cccc(-c5ccc6ccccc6c5)c4)cc3)c3ccccc3-c3cccc4c3c3ccccc3n4-c3ccccc3)c2)cc1. The minimum Gasteiger partial charge on any atom is -0.310 e. The van der Waals surface area contributed by atoms with Gasteiger partial charge < -0.3 is 9.47 Å². The number of anilines is 3. The number of hydrogen-bond donors (Lipinski definition) is 0. The maximum Gasteiger partial charge on any atom is 0.0547 e. The molecule has 0 N–H and O–H groups in total. The van der Waals surface area contributed by atoms with Crippen LogP contribution in [0.1, 0.15) is 0 Å². The number of para-hydroxylation sites is 3. The van der Waals surface area contributed by atoms with Crippen molar-refractivity contribution in [2.45, 2.75) is 0 Å². The molecule has 0 spiro atoms. The molecule has 0 fully saturated rings. The third kappa shape index (κ3) is 6.32. The second kappa shape index (κ2) is 15.1. The maximum absolute atomic E-state index is 2.42. The molecule has 60 heavy (non-hydrogen) atoms. The molecule has 11 aromatic rings. The van der Waals surface area contributed by atoms with E-state index >= 15 is 0 Å². The van der Waals surface area contributed by atoms with Gasteiger partial charge in [-0.15, -0.1) is 0 Å². The van der Waals surface area contributed by atoms with Gasteiger partial charge >= 0.3 is 0 Å². The molecule has 282 valence electrons. The molecule has 0 amide bonds. The largest absolute Gasteiger partial charge is 0.310 e. The van der Waals surface area contributed by atoms with Crippen molar-refractivity contribution in [1.29, 1.82) is 0 Å². The van der Waals surface area contributed by atoms with Crippen LogP contribution in [0, 0.1) is 0 Å². The van der Waals surface area contributed by atoms with Crippen LogP contribution in [0.2, 0.25) is 0 Å². The van der Waals surface area contributed by atoms with Crippen molar-refractivity contribution >= 4 is 49.6 Å². The Morgan fingerprint density at radius 2 is 0.850 bits per heavy atom. The summed E-state index contributed by atoms with van der Waals surface area (Å²) in [5.41, 5.74) is 16.3. The summed E-state index contributed by atoms with van der Waals surface area (Å²) in [5, 5.41) is 4.97. The molecule has 0 saturated carbocycles. The quantitative estimate of drug-likeness (QED) is 0.150. The Morgan fingerprint density at radius 3 is 1.68 bits per heavy atom. The molecule has 10 aromatic carbocycles. The minimum atomic E-state index is 1.08. The summed E-state index contributed by atoms with van der Waals surface area (Å²) >= 11 is 0. The number of rotatable bonds is 8. The van der Waals surface area contributed by atoms with E-state index in [1.807, 2.05) is 0 Å². The van der Waals surface area contributed by atoms with E-state index < -0.39 is 0 Å². The van der Waals surface area contributed by atoms with Crippen molar-refractivity contribution in [2.24, 2.45) is 0 Å². The van der Waals surface area contributed by atoms with E-state index in [9.17, 15) is 0 Å². The zero-order valence-corrected chi connectivity index (χ0v) is 33.0. The first-order chi connectivity index (χ1) is 29.8. The van der Waals surface area contributed by atoms with Gasteiger partial charge in [-0.05, 0) is 116 Å². The second-order valence-electron chi connectivity index (χ2n) is 15.3. The zero-order valence-electron chi connectivity index (χ0n) is 33.0. The summed E-state index contributed by atoms with van der Waals surface area (Å²) in [5.74, 6) is 0. The van der Waals surface area contributed by atoms with Gasteiger partial charge in [0.25, 0.3) is 0 Å². The lowest BCUT2D eigenvalue weighted by molar-refractivity contribution is 1.18. The van der Waals surface area contributed by atoms with Crippen LogP contribution in [0.15, 0.2) is 243 Å². The Labute approximate surface area is 350 Å². The number of fused-ring (bicyclic) bond motifs is 4. The molecule has 2 heteroatoms. The minimum absolute atomic E-state index is 1.08. The fourth-order valence-corrected chi connectivity index (χ4v) is 8.93. The van der Waals surface area contributed by atoms with E-state index in [1.165, 1.54) is 71.5 Å². The fraction of sp³-hybridized carbons (Fsp3) is 0. The molecule has 0 atom stereocenters. The average Bonchev–Trinajstić information content (AvgIpc) is 3.67. The van der Waals surface area contributed by atoms with Gasteiger partial charge in [0, 0.05) is 33.4 Å². The average molecular weight is 765 g/mol. The highest BCUT2D eigenvalue weighted by molar-refractivity contribution is 6.17. The molecule has 0 aliphatic carbocycles. The van der Waals surface area contributed by atoms with Crippen molar-refractivity contribution in [3.05, 3.63) is 243 Å². The zero-order chi connectivity index (χ0) is 39.8. The lowest BCUT2D eigenvalue weighted by atomic mass is 9.96. The molecular formula is C58H40N2. The molecular weight excluding hydrogens is 725 g/mol. The third-order valence-corrected chi connectivity index (χ3v) is 11.8. The van der Waals surface area contributed by atoms with Gasteiger partial charge in [0.15, 0.2) is 0 Å². The van der Waals surface area contributed by atoms with E-state index in [1.54, 1.807) is 0 Å². The Kier molecular flexibility index (Phi) is 8.87. The van der Waals surface area contributed by atoms with Crippen LogP contribution in [0.5, 0.6) is 0 Å². The summed E-state index contributed by atoms with van der Waals surface area (Å²) in [6.07, 6.45) is 0. The van der Waals surface area contributed by atoms with Crippen molar-refractivity contribution in [3.8, 4) is 50.2 Å². The normalized spacial score (nSPS) is 11.3. The Balaban J connectivity index is 1.06. The molecule has 1 heterocycles. The standard InChI is InChI=1S/C58H40N2/c1-3-16-41(17-4-1)47-22-14-25-51(40-47)59(50-36-34-43(35-37-50)45-20-13-21-46(38-45)48-33-32-42-18-7-8-19-44(42)39-48)55-29-11-9-26-52(55)53-28-15-31-57-58(53)54-27-10-12-30-56(54)60(57)49-23-5-2-6-24-49/h1-40H. The van der Waals surface area contributed by atoms with E-state index in [4.69, 9.17) is 0 Å².